The highest BCUT2D eigenvalue weighted by Crippen LogP contribution is 2.25. The SMILES string of the molecule is Cc1cccc(C(=O)Nc2ccc(C)c(Cc3nc(-c4cccnc4)cs3)c2)c1. The highest BCUT2D eigenvalue weighted by Gasteiger charge is 2.10. The number of rotatable bonds is 5. The Morgan fingerprint density at radius 3 is 2.76 bits per heavy atom. The number of hydrogen-bond donors (Lipinski definition) is 1. The molecule has 4 rings (SSSR count). The van der Waals surface area contributed by atoms with Crippen LogP contribution in [0.1, 0.15) is 32.1 Å². The number of aryl methyl sites for hydroxylation is 2. The van der Waals surface area contributed by atoms with Crippen molar-refractivity contribution in [1.82, 2.24) is 9.97 Å². The number of amides is 1. The second-order valence-electron chi connectivity index (χ2n) is 7.01. The fraction of sp³-hybridized carbons (Fsp3) is 0.125. The van der Waals surface area contributed by atoms with E-state index in [4.69, 9.17) is 4.98 Å². The van der Waals surface area contributed by atoms with Crippen LogP contribution in [0.2, 0.25) is 0 Å². The predicted molar refractivity (Wildman–Crippen MR) is 118 cm³/mol. The maximum Gasteiger partial charge on any atom is 0.255 e. The van der Waals surface area contributed by atoms with E-state index in [2.05, 4.69) is 22.6 Å². The Kier molecular flexibility index (Phi) is 5.49. The minimum atomic E-state index is -0.100. The molecular formula is C24H21N3OS. The number of nitrogens with zero attached hydrogens (tertiary/aromatic N) is 2. The monoisotopic (exact) mass is 399 g/mol. The van der Waals surface area contributed by atoms with Crippen LogP contribution in [0.3, 0.4) is 0 Å². The summed E-state index contributed by atoms with van der Waals surface area (Å²) in [5.74, 6) is -0.100. The molecule has 0 bridgehead atoms. The third kappa shape index (κ3) is 4.58. The van der Waals surface area contributed by atoms with E-state index in [9.17, 15) is 4.79 Å². The Labute approximate surface area is 174 Å². The quantitative estimate of drug-likeness (QED) is 0.471. The summed E-state index contributed by atoms with van der Waals surface area (Å²) in [4.78, 5) is 21.5. The number of thiazole rings is 1. The molecule has 4 aromatic rings. The van der Waals surface area contributed by atoms with Gasteiger partial charge in [0, 0.05) is 41.0 Å². The van der Waals surface area contributed by atoms with Gasteiger partial charge in [0.05, 0.1) is 10.7 Å². The molecule has 4 nitrogen and oxygen atoms in total. The molecule has 0 radical (unpaired) electrons. The average molecular weight is 400 g/mol. The molecule has 0 atom stereocenters. The standard InChI is InChI=1S/C24H21N3OS/c1-16-5-3-6-18(11-16)24(28)26-21-9-8-17(2)20(12-21)13-23-27-22(15-29-23)19-7-4-10-25-14-19/h3-12,14-15H,13H2,1-2H3,(H,26,28). The third-order valence-electron chi connectivity index (χ3n) is 4.74. The summed E-state index contributed by atoms with van der Waals surface area (Å²) in [6.07, 6.45) is 4.31. The number of nitrogens with one attached hydrogen (secondary N) is 1. The first-order chi connectivity index (χ1) is 14.1. The fourth-order valence-electron chi connectivity index (χ4n) is 3.13. The summed E-state index contributed by atoms with van der Waals surface area (Å²) >= 11 is 1.64. The van der Waals surface area contributed by atoms with Crippen LogP contribution in [0.25, 0.3) is 11.3 Å². The Morgan fingerprint density at radius 1 is 1.07 bits per heavy atom. The molecule has 0 spiro atoms. The maximum absolute atomic E-state index is 12.6. The van der Waals surface area contributed by atoms with Crippen LogP contribution in [-0.4, -0.2) is 15.9 Å². The van der Waals surface area contributed by atoms with E-state index in [-0.39, 0.29) is 5.91 Å². The van der Waals surface area contributed by atoms with Crippen LogP contribution in [-0.2, 0) is 6.42 Å². The van der Waals surface area contributed by atoms with E-state index in [1.807, 2.05) is 67.7 Å². The van der Waals surface area contributed by atoms with Crippen molar-refractivity contribution in [3.63, 3.8) is 0 Å². The van der Waals surface area contributed by atoms with Crippen LogP contribution >= 0.6 is 11.3 Å². The molecule has 1 N–H and O–H groups in total. The Hall–Kier alpha value is -3.31. The lowest BCUT2D eigenvalue weighted by Gasteiger charge is -2.10. The normalized spacial score (nSPS) is 10.7. The van der Waals surface area contributed by atoms with Gasteiger partial charge in [0.1, 0.15) is 0 Å². The Balaban J connectivity index is 1.52. The van der Waals surface area contributed by atoms with Gasteiger partial charge in [-0.3, -0.25) is 9.78 Å². The van der Waals surface area contributed by atoms with E-state index in [1.54, 1.807) is 17.5 Å². The zero-order valence-corrected chi connectivity index (χ0v) is 17.2. The van der Waals surface area contributed by atoms with Crippen molar-refractivity contribution in [2.24, 2.45) is 0 Å². The van der Waals surface area contributed by atoms with Crippen molar-refractivity contribution < 1.29 is 4.79 Å². The molecule has 2 heterocycles. The molecule has 0 unspecified atom stereocenters. The van der Waals surface area contributed by atoms with Gasteiger partial charge in [0.25, 0.3) is 5.91 Å². The van der Waals surface area contributed by atoms with Gasteiger partial charge < -0.3 is 5.32 Å². The average Bonchev–Trinajstić information content (AvgIpc) is 3.20. The molecule has 0 saturated carbocycles. The zero-order chi connectivity index (χ0) is 20.2. The minimum absolute atomic E-state index is 0.100. The molecule has 0 aliphatic heterocycles. The molecule has 0 aliphatic rings. The number of pyridine rings is 1. The Bertz CT molecular complexity index is 1150. The van der Waals surface area contributed by atoms with E-state index < -0.39 is 0 Å². The van der Waals surface area contributed by atoms with E-state index in [1.165, 1.54) is 5.56 Å². The highest BCUT2D eigenvalue weighted by atomic mass is 32.1. The number of aromatic nitrogens is 2. The van der Waals surface area contributed by atoms with E-state index >= 15 is 0 Å². The van der Waals surface area contributed by atoms with Crippen molar-refractivity contribution in [3.8, 4) is 11.3 Å². The highest BCUT2D eigenvalue weighted by molar-refractivity contribution is 7.10. The van der Waals surface area contributed by atoms with Crippen LogP contribution in [0.4, 0.5) is 5.69 Å². The van der Waals surface area contributed by atoms with E-state index in [0.717, 1.165) is 39.5 Å². The Morgan fingerprint density at radius 2 is 1.97 bits per heavy atom. The van der Waals surface area contributed by atoms with Crippen LogP contribution in [0.5, 0.6) is 0 Å². The molecule has 1 amide bonds. The van der Waals surface area contributed by atoms with Gasteiger partial charge in [-0.05, 0) is 61.4 Å². The molecule has 5 heteroatoms. The molecule has 0 fully saturated rings. The maximum atomic E-state index is 12.6. The van der Waals surface area contributed by atoms with Crippen LogP contribution in [0, 0.1) is 13.8 Å². The summed E-state index contributed by atoms with van der Waals surface area (Å²) in [5.41, 5.74) is 6.81. The first-order valence-electron chi connectivity index (χ1n) is 9.41. The number of anilines is 1. The first-order valence-corrected chi connectivity index (χ1v) is 10.3. The summed E-state index contributed by atoms with van der Waals surface area (Å²) in [6.45, 7) is 4.06. The van der Waals surface area contributed by atoms with Gasteiger partial charge in [-0.1, -0.05) is 23.8 Å². The van der Waals surface area contributed by atoms with Crippen molar-refractivity contribution in [2.45, 2.75) is 20.3 Å². The van der Waals surface area contributed by atoms with Crippen molar-refractivity contribution in [1.29, 1.82) is 0 Å². The van der Waals surface area contributed by atoms with Crippen molar-refractivity contribution in [2.75, 3.05) is 5.32 Å². The number of hydrogen-bond acceptors (Lipinski definition) is 4. The van der Waals surface area contributed by atoms with Crippen LogP contribution < -0.4 is 5.32 Å². The molecule has 2 aromatic carbocycles. The minimum Gasteiger partial charge on any atom is -0.322 e. The molecular weight excluding hydrogens is 378 g/mol. The summed E-state index contributed by atoms with van der Waals surface area (Å²) < 4.78 is 0. The number of benzene rings is 2. The van der Waals surface area contributed by atoms with E-state index in [0.29, 0.717) is 5.56 Å². The fourth-order valence-corrected chi connectivity index (χ4v) is 3.96. The largest absolute Gasteiger partial charge is 0.322 e. The smallest absolute Gasteiger partial charge is 0.255 e. The summed E-state index contributed by atoms with van der Waals surface area (Å²) in [7, 11) is 0. The van der Waals surface area contributed by atoms with Crippen molar-refractivity contribution >= 4 is 22.9 Å². The third-order valence-corrected chi connectivity index (χ3v) is 5.59. The van der Waals surface area contributed by atoms with Gasteiger partial charge in [-0.25, -0.2) is 4.98 Å². The topological polar surface area (TPSA) is 54.9 Å². The molecule has 2 aromatic heterocycles. The lowest BCUT2D eigenvalue weighted by molar-refractivity contribution is 0.102. The second-order valence-corrected chi connectivity index (χ2v) is 7.95. The van der Waals surface area contributed by atoms with Crippen molar-refractivity contribution in [3.05, 3.63) is 99.6 Å². The summed E-state index contributed by atoms with van der Waals surface area (Å²) in [5, 5.41) is 6.10. The van der Waals surface area contributed by atoms with Gasteiger partial charge in [-0.15, -0.1) is 11.3 Å². The predicted octanol–water partition coefficient (Wildman–Crippen LogP) is 5.67. The number of carbonyl (C=O) groups is 1. The van der Waals surface area contributed by atoms with Gasteiger partial charge in [0.2, 0.25) is 0 Å². The lowest BCUT2D eigenvalue weighted by Crippen LogP contribution is -2.12. The van der Waals surface area contributed by atoms with Crippen LogP contribution in [0.15, 0.2) is 72.4 Å². The summed E-state index contributed by atoms with van der Waals surface area (Å²) in [6, 6.07) is 17.5. The van der Waals surface area contributed by atoms with Gasteiger partial charge >= 0.3 is 0 Å². The first kappa shape index (κ1) is 19.0. The molecule has 0 saturated heterocycles. The molecule has 29 heavy (non-hydrogen) atoms. The molecule has 0 aliphatic carbocycles. The van der Waals surface area contributed by atoms with Gasteiger partial charge in [0.15, 0.2) is 0 Å². The number of carbonyl (C=O) groups excluding carboxylic acids is 1. The van der Waals surface area contributed by atoms with Gasteiger partial charge in [-0.2, -0.15) is 0 Å². The molecule has 144 valence electrons. The zero-order valence-electron chi connectivity index (χ0n) is 16.3. The lowest BCUT2D eigenvalue weighted by atomic mass is 10.0. The second kappa shape index (κ2) is 8.37.